The highest BCUT2D eigenvalue weighted by Gasteiger charge is 2.40. The number of thiazole rings is 1. The topological polar surface area (TPSA) is 87.5 Å². The largest absolute Gasteiger partial charge is 0.481 e. The number of hydrogen-bond donors (Lipinski definition) is 2. The van der Waals surface area contributed by atoms with Crippen molar-refractivity contribution in [2.24, 2.45) is 40.9 Å². The second-order valence-electron chi connectivity index (χ2n) is 11.8. The summed E-state index contributed by atoms with van der Waals surface area (Å²) < 4.78 is 0. The van der Waals surface area contributed by atoms with Gasteiger partial charge in [0.05, 0.1) is 16.8 Å². The molecule has 6 heteroatoms. The highest BCUT2D eigenvalue weighted by atomic mass is 32.1. The van der Waals surface area contributed by atoms with Gasteiger partial charge in [0.15, 0.2) is 0 Å². The highest BCUT2D eigenvalue weighted by molar-refractivity contribution is 7.09. The van der Waals surface area contributed by atoms with Crippen molar-refractivity contribution < 1.29 is 19.8 Å². The molecule has 2 rings (SSSR count). The molecule has 0 radical (unpaired) electrons. The van der Waals surface area contributed by atoms with E-state index >= 15 is 0 Å². The first-order valence-corrected chi connectivity index (χ1v) is 14.2. The van der Waals surface area contributed by atoms with E-state index in [-0.39, 0.29) is 30.0 Å². The molecule has 0 aliphatic heterocycles. The third-order valence-electron chi connectivity index (χ3n) is 8.82. The maximum absolute atomic E-state index is 13.2. The van der Waals surface area contributed by atoms with Crippen LogP contribution in [-0.2, 0) is 9.59 Å². The molecule has 1 aromatic rings. The third-order valence-corrected chi connectivity index (χ3v) is 9.61. The Kier molecular flexibility index (Phi) is 10.7. The maximum Gasteiger partial charge on any atom is 0.303 e. The van der Waals surface area contributed by atoms with Gasteiger partial charge in [-0.2, -0.15) is 0 Å². The Morgan fingerprint density at radius 2 is 1.89 bits per heavy atom. The van der Waals surface area contributed by atoms with E-state index in [0.717, 1.165) is 35.5 Å². The number of carboxylic acid groups (broad SMARTS) is 1. The summed E-state index contributed by atoms with van der Waals surface area (Å²) in [4.78, 5) is 28.8. The van der Waals surface area contributed by atoms with E-state index in [9.17, 15) is 14.7 Å². The summed E-state index contributed by atoms with van der Waals surface area (Å²) in [5, 5.41) is 22.8. The molecule has 1 unspecified atom stereocenters. The highest BCUT2D eigenvalue weighted by Crippen LogP contribution is 2.46. The van der Waals surface area contributed by atoms with Crippen LogP contribution in [-0.4, -0.2) is 33.1 Å². The van der Waals surface area contributed by atoms with Gasteiger partial charge in [-0.05, 0) is 67.9 Å². The van der Waals surface area contributed by atoms with Gasteiger partial charge in [0, 0.05) is 23.1 Å². The Balaban J connectivity index is 1.74. The number of aliphatic hydroxyl groups is 1. The summed E-state index contributed by atoms with van der Waals surface area (Å²) in [5.41, 5.74) is 1.29. The van der Waals surface area contributed by atoms with E-state index in [1.54, 1.807) is 11.3 Å². The molecule has 1 aromatic heterocycles. The van der Waals surface area contributed by atoms with Gasteiger partial charge in [-0.25, -0.2) is 4.98 Å². The van der Waals surface area contributed by atoms with E-state index < -0.39 is 17.5 Å². The lowest BCUT2D eigenvalue weighted by Crippen LogP contribution is -2.39. The van der Waals surface area contributed by atoms with Gasteiger partial charge in [-0.3, -0.25) is 9.59 Å². The van der Waals surface area contributed by atoms with Crippen LogP contribution in [0.2, 0.25) is 0 Å². The first-order valence-electron chi connectivity index (χ1n) is 13.3. The molecule has 1 saturated carbocycles. The molecule has 198 valence electrons. The molecule has 1 aliphatic carbocycles. The molecule has 0 saturated heterocycles. The number of rotatable bonds is 15. The zero-order chi connectivity index (χ0) is 26.5. The summed E-state index contributed by atoms with van der Waals surface area (Å²) in [6, 6.07) is 0. The van der Waals surface area contributed by atoms with E-state index in [1.165, 1.54) is 12.8 Å². The lowest BCUT2D eigenvalue weighted by atomic mass is 9.67. The van der Waals surface area contributed by atoms with Crippen LogP contribution in [0.15, 0.2) is 11.0 Å². The predicted molar refractivity (Wildman–Crippen MR) is 144 cm³/mol. The lowest BCUT2D eigenvalue weighted by Gasteiger charge is -2.35. The molecule has 7 atom stereocenters. The Labute approximate surface area is 216 Å². The van der Waals surface area contributed by atoms with Gasteiger partial charge in [-0.15, -0.1) is 11.3 Å². The summed E-state index contributed by atoms with van der Waals surface area (Å²) in [6.07, 6.45) is 7.09. The first-order chi connectivity index (χ1) is 16.2. The number of aliphatic hydroxyl groups excluding tert-OH is 1. The molecular formula is C29H47NO4S. The quantitative estimate of drug-likeness (QED) is 0.267. The number of carbonyl (C=O) groups is 2. The minimum absolute atomic E-state index is 0.0203. The van der Waals surface area contributed by atoms with Gasteiger partial charge in [0.25, 0.3) is 0 Å². The fourth-order valence-corrected chi connectivity index (χ4v) is 5.81. The van der Waals surface area contributed by atoms with Gasteiger partial charge < -0.3 is 10.2 Å². The zero-order valence-electron chi connectivity index (χ0n) is 23.0. The average molecular weight is 506 g/mol. The number of ketones is 1. The van der Waals surface area contributed by atoms with Crippen molar-refractivity contribution in [3.63, 3.8) is 0 Å². The van der Waals surface area contributed by atoms with Crippen molar-refractivity contribution in [2.75, 3.05) is 0 Å². The summed E-state index contributed by atoms with van der Waals surface area (Å²) in [7, 11) is 0. The van der Waals surface area contributed by atoms with Crippen molar-refractivity contribution in [2.45, 2.75) is 100 Å². The summed E-state index contributed by atoms with van der Waals surface area (Å²) in [6.45, 7) is 16.1. The smallest absolute Gasteiger partial charge is 0.303 e. The molecule has 1 aliphatic rings. The molecule has 35 heavy (non-hydrogen) atoms. The molecule has 2 N–H and O–H groups in total. The van der Waals surface area contributed by atoms with Gasteiger partial charge >= 0.3 is 5.97 Å². The van der Waals surface area contributed by atoms with Crippen molar-refractivity contribution >= 4 is 29.2 Å². The number of aromatic nitrogens is 1. The van der Waals surface area contributed by atoms with E-state index in [2.05, 4.69) is 18.8 Å². The molecule has 5 nitrogen and oxygen atoms in total. The van der Waals surface area contributed by atoms with Gasteiger partial charge in [-0.1, -0.05) is 60.8 Å². The fraction of sp³-hybridized carbons (Fsp3) is 0.759. The number of aliphatic carboxylic acids is 1. The second kappa shape index (κ2) is 12.6. The van der Waals surface area contributed by atoms with Crippen molar-refractivity contribution in [3.8, 4) is 0 Å². The fourth-order valence-electron chi connectivity index (χ4n) is 5.24. The van der Waals surface area contributed by atoms with E-state index in [1.807, 2.05) is 53.0 Å². The maximum atomic E-state index is 13.2. The minimum atomic E-state index is -0.848. The van der Waals surface area contributed by atoms with Crippen LogP contribution in [0, 0.1) is 47.8 Å². The monoisotopic (exact) mass is 505 g/mol. The Morgan fingerprint density at radius 3 is 2.46 bits per heavy atom. The number of Topliss-reactive ketones (excluding diaryl/α,β-unsaturated/α-hetero) is 1. The molecule has 0 amide bonds. The molecule has 1 fully saturated rings. The summed E-state index contributed by atoms with van der Waals surface area (Å²) in [5.74, 6) is 1.07. The Morgan fingerprint density at radius 1 is 1.23 bits per heavy atom. The van der Waals surface area contributed by atoms with Crippen molar-refractivity contribution in [3.05, 3.63) is 21.7 Å². The molecular weight excluding hydrogens is 458 g/mol. The van der Waals surface area contributed by atoms with E-state index in [4.69, 9.17) is 5.11 Å². The molecule has 1 heterocycles. The number of hydrogen-bond acceptors (Lipinski definition) is 5. The number of aryl methyl sites for hydroxylation is 1. The van der Waals surface area contributed by atoms with Crippen LogP contribution in [0.25, 0.3) is 6.08 Å². The SMILES string of the molecule is C/C(=C\c1csc(C)n1)C(O)C[C@@H]1C[C@H]1CCC[C@H](C)[C@H](C)[C@@H](C)C(=O)C(C)(C)[C@@H](C)CC(=O)O. The summed E-state index contributed by atoms with van der Waals surface area (Å²) >= 11 is 1.63. The third kappa shape index (κ3) is 8.52. The van der Waals surface area contributed by atoms with Gasteiger partial charge in [0.1, 0.15) is 5.78 Å². The molecule has 0 aromatic carbocycles. The molecule has 0 bridgehead atoms. The Hall–Kier alpha value is -1.53. The van der Waals surface area contributed by atoms with Crippen LogP contribution in [0.4, 0.5) is 0 Å². The minimum Gasteiger partial charge on any atom is -0.481 e. The lowest BCUT2D eigenvalue weighted by molar-refractivity contribution is -0.141. The average Bonchev–Trinajstić information content (AvgIpc) is 3.38. The number of carbonyl (C=O) groups excluding carboxylic acids is 1. The van der Waals surface area contributed by atoms with E-state index in [0.29, 0.717) is 17.8 Å². The zero-order valence-corrected chi connectivity index (χ0v) is 23.8. The van der Waals surface area contributed by atoms with Crippen LogP contribution >= 0.6 is 11.3 Å². The van der Waals surface area contributed by atoms with Crippen molar-refractivity contribution in [1.29, 1.82) is 0 Å². The number of nitrogens with zero attached hydrogens (tertiary/aromatic N) is 1. The van der Waals surface area contributed by atoms with Crippen LogP contribution < -0.4 is 0 Å². The normalized spacial score (nSPS) is 22.8. The van der Waals surface area contributed by atoms with Crippen LogP contribution in [0.5, 0.6) is 0 Å². The predicted octanol–water partition coefficient (Wildman–Crippen LogP) is 7.03. The number of carboxylic acids is 1. The van der Waals surface area contributed by atoms with Gasteiger partial charge in [0.2, 0.25) is 0 Å². The van der Waals surface area contributed by atoms with Crippen LogP contribution in [0.3, 0.4) is 0 Å². The molecule has 0 spiro atoms. The second-order valence-corrected chi connectivity index (χ2v) is 12.9. The van der Waals surface area contributed by atoms with Crippen molar-refractivity contribution in [1.82, 2.24) is 4.98 Å². The first kappa shape index (κ1) is 29.7. The Bertz CT molecular complexity index is 889. The van der Waals surface area contributed by atoms with Crippen LogP contribution in [0.1, 0.15) is 97.7 Å². The standard InChI is InChI=1S/C29H47NO4S/c1-17(20(4)21(5)28(34)29(7,8)19(3)13-27(32)33)10-9-11-23-14-24(23)15-26(31)18(2)12-25-16-35-22(6)30-25/h12,16-17,19-21,23-24,26,31H,9-11,13-15H2,1-8H3,(H,32,33)/b18-12+/t17-,19-,20-,21+,23+,24-,26?/m0/s1.